The number of ether oxygens (including phenoxy) is 3. The van der Waals surface area contributed by atoms with Crippen LogP contribution in [0, 0.1) is 5.41 Å². The molecular formula is C36H42O4P+. The maximum atomic E-state index is 12.1. The van der Waals surface area contributed by atoms with Crippen LogP contribution in [0.1, 0.15) is 47.0 Å². The molecule has 0 N–H and O–H groups in total. The van der Waals surface area contributed by atoms with Gasteiger partial charge in [0.25, 0.3) is 0 Å². The lowest BCUT2D eigenvalue weighted by molar-refractivity contribution is -0.153. The predicted octanol–water partition coefficient (Wildman–Crippen LogP) is 7.93. The summed E-state index contributed by atoms with van der Waals surface area (Å²) in [4.78, 5) is 12.1. The van der Waals surface area contributed by atoms with Gasteiger partial charge in [0.2, 0.25) is 0 Å². The molecule has 0 radical (unpaired) electrons. The topological polar surface area (TPSA) is 44.8 Å². The van der Waals surface area contributed by atoms with Gasteiger partial charge in [-0.15, -0.1) is 0 Å². The lowest BCUT2D eigenvalue weighted by Crippen LogP contribution is -2.34. The first-order valence-electron chi connectivity index (χ1n) is 14.6. The Hall–Kier alpha value is -3.62. The summed E-state index contributed by atoms with van der Waals surface area (Å²) in [6.07, 6.45) is 3.59. The zero-order valence-electron chi connectivity index (χ0n) is 24.7. The molecule has 0 aliphatic heterocycles. The Morgan fingerprint density at radius 1 is 0.732 bits per heavy atom. The third-order valence-corrected chi connectivity index (χ3v) is 12.0. The summed E-state index contributed by atoms with van der Waals surface area (Å²) in [5.41, 5.74) is -0.514. The summed E-state index contributed by atoms with van der Waals surface area (Å²) in [5, 5.41) is 3.97. The van der Waals surface area contributed by atoms with Gasteiger partial charge in [0.1, 0.15) is 34.7 Å². The Bertz CT molecular complexity index is 1330. The molecule has 4 aromatic rings. The van der Waals surface area contributed by atoms with Crippen LogP contribution in [-0.4, -0.2) is 25.3 Å². The molecule has 0 saturated carbocycles. The summed E-state index contributed by atoms with van der Waals surface area (Å²) < 4.78 is 17.8. The van der Waals surface area contributed by atoms with Gasteiger partial charge in [-0.2, -0.15) is 0 Å². The van der Waals surface area contributed by atoms with Gasteiger partial charge in [0.15, 0.2) is 5.75 Å². The Morgan fingerprint density at radius 2 is 1.29 bits per heavy atom. The SMILES string of the molecule is CCC[P+](c1ccccc1)(c1ccccc1)c1ccccc1Oc1ccc(OCCCC(C)(C)C(=O)OCC)cc1. The Kier molecular flexibility index (Phi) is 10.6. The highest BCUT2D eigenvalue weighted by Gasteiger charge is 2.46. The van der Waals surface area contributed by atoms with Crippen LogP contribution < -0.4 is 25.4 Å². The second-order valence-electron chi connectivity index (χ2n) is 10.8. The van der Waals surface area contributed by atoms with Crippen LogP contribution in [-0.2, 0) is 9.53 Å². The monoisotopic (exact) mass is 569 g/mol. The first-order chi connectivity index (χ1) is 19.9. The van der Waals surface area contributed by atoms with E-state index in [1.165, 1.54) is 15.9 Å². The fourth-order valence-electron chi connectivity index (χ4n) is 5.23. The minimum atomic E-state index is -1.96. The first kappa shape index (κ1) is 30.3. The van der Waals surface area contributed by atoms with Crippen molar-refractivity contribution in [3.05, 3.63) is 109 Å². The van der Waals surface area contributed by atoms with E-state index >= 15 is 0 Å². The van der Waals surface area contributed by atoms with Crippen molar-refractivity contribution in [1.29, 1.82) is 0 Å². The summed E-state index contributed by atoms with van der Waals surface area (Å²) in [6.45, 7) is 8.87. The van der Waals surface area contributed by atoms with E-state index in [1.54, 1.807) is 0 Å². The van der Waals surface area contributed by atoms with E-state index in [9.17, 15) is 4.79 Å². The molecule has 214 valence electrons. The number of benzene rings is 4. The van der Waals surface area contributed by atoms with Crippen LogP contribution in [0.5, 0.6) is 17.2 Å². The van der Waals surface area contributed by atoms with Crippen molar-refractivity contribution in [2.24, 2.45) is 5.41 Å². The molecule has 0 aliphatic rings. The largest absolute Gasteiger partial charge is 0.494 e. The van der Waals surface area contributed by atoms with Gasteiger partial charge in [-0.05, 0) is 101 Å². The van der Waals surface area contributed by atoms with E-state index in [0.29, 0.717) is 19.6 Å². The van der Waals surface area contributed by atoms with E-state index in [4.69, 9.17) is 14.2 Å². The minimum Gasteiger partial charge on any atom is -0.494 e. The molecular weight excluding hydrogens is 527 g/mol. The number of para-hydroxylation sites is 1. The number of carbonyl (C=O) groups excluding carboxylic acids is 1. The predicted molar refractivity (Wildman–Crippen MR) is 172 cm³/mol. The molecule has 0 bridgehead atoms. The molecule has 41 heavy (non-hydrogen) atoms. The molecule has 4 rings (SSSR count). The molecule has 0 fully saturated rings. The summed E-state index contributed by atoms with van der Waals surface area (Å²) >= 11 is 0. The molecule has 0 spiro atoms. The third kappa shape index (κ3) is 7.37. The van der Waals surface area contributed by atoms with Crippen LogP contribution in [0.15, 0.2) is 109 Å². The number of hydrogen-bond donors (Lipinski definition) is 0. The second kappa shape index (κ2) is 14.3. The number of hydrogen-bond acceptors (Lipinski definition) is 4. The second-order valence-corrected chi connectivity index (χ2v) is 14.4. The molecule has 4 aromatic carbocycles. The molecule has 0 saturated heterocycles. The van der Waals surface area contributed by atoms with Crippen molar-refractivity contribution in [2.45, 2.75) is 47.0 Å². The van der Waals surface area contributed by atoms with Crippen LogP contribution in [0.25, 0.3) is 0 Å². The van der Waals surface area contributed by atoms with Gasteiger partial charge in [-0.25, -0.2) is 0 Å². The first-order valence-corrected chi connectivity index (χ1v) is 16.5. The fraction of sp³-hybridized carbons (Fsp3) is 0.306. The van der Waals surface area contributed by atoms with Gasteiger partial charge in [0.05, 0.1) is 24.8 Å². The normalized spacial score (nSPS) is 11.6. The van der Waals surface area contributed by atoms with Crippen molar-refractivity contribution in [2.75, 3.05) is 19.4 Å². The Morgan fingerprint density at radius 3 is 1.88 bits per heavy atom. The van der Waals surface area contributed by atoms with Gasteiger partial charge >= 0.3 is 5.97 Å². The number of esters is 1. The highest BCUT2D eigenvalue weighted by atomic mass is 31.2. The van der Waals surface area contributed by atoms with Gasteiger partial charge in [-0.3, -0.25) is 4.79 Å². The molecule has 4 nitrogen and oxygen atoms in total. The van der Waals surface area contributed by atoms with E-state index in [2.05, 4.69) is 85.8 Å². The highest BCUT2D eigenvalue weighted by Crippen LogP contribution is 2.57. The average Bonchev–Trinajstić information content (AvgIpc) is 3.00. The van der Waals surface area contributed by atoms with Crippen molar-refractivity contribution >= 4 is 29.1 Å². The van der Waals surface area contributed by atoms with Gasteiger partial charge in [0, 0.05) is 0 Å². The van der Waals surface area contributed by atoms with Gasteiger partial charge < -0.3 is 14.2 Å². The Balaban J connectivity index is 1.54. The van der Waals surface area contributed by atoms with Crippen molar-refractivity contribution in [3.8, 4) is 17.2 Å². The quantitative estimate of drug-likeness (QED) is 0.0879. The molecule has 0 aromatic heterocycles. The standard InChI is InChI=1S/C36H42O4P/c1-5-28-41(31-16-9-7-10-17-31,32-18-11-8-12-19-32)34-21-14-13-20-33(34)40-30-24-22-29(23-25-30)39-27-15-26-36(3,4)35(37)38-6-2/h7-14,16-25H,5-6,15,26-28H2,1-4H3/q+1. The smallest absolute Gasteiger partial charge is 0.311 e. The molecule has 0 unspecified atom stereocenters. The van der Waals surface area contributed by atoms with Crippen molar-refractivity contribution < 1.29 is 19.0 Å². The fourth-order valence-corrected chi connectivity index (χ4v) is 9.71. The van der Waals surface area contributed by atoms with Crippen LogP contribution in [0.3, 0.4) is 0 Å². The maximum Gasteiger partial charge on any atom is 0.311 e. The van der Waals surface area contributed by atoms with Crippen molar-refractivity contribution in [1.82, 2.24) is 0 Å². The number of rotatable bonds is 14. The molecule has 5 heteroatoms. The highest BCUT2D eigenvalue weighted by molar-refractivity contribution is 7.95. The summed E-state index contributed by atoms with van der Waals surface area (Å²) in [5.74, 6) is 2.27. The Labute approximate surface area is 246 Å². The zero-order valence-corrected chi connectivity index (χ0v) is 25.6. The summed E-state index contributed by atoms with van der Waals surface area (Å²) in [7, 11) is -1.96. The van der Waals surface area contributed by atoms with Crippen molar-refractivity contribution in [3.63, 3.8) is 0 Å². The minimum absolute atomic E-state index is 0.160. The van der Waals surface area contributed by atoms with Crippen LogP contribution in [0.2, 0.25) is 0 Å². The maximum absolute atomic E-state index is 12.1. The van der Waals surface area contributed by atoms with E-state index in [1.807, 2.05) is 51.1 Å². The van der Waals surface area contributed by atoms with E-state index in [0.717, 1.165) is 36.3 Å². The van der Waals surface area contributed by atoms with Crippen LogP contribution in [0.4, 0.5) is 0 Å². The van der Waals surface area contributed by atoms with Gasteiger partial charge in [-0.1, -0.05) is 55.5 Å². The summed E-state index contributed by atoms with van der Waals surface area (Å²) in [6, 6.07) is 38.1. The number of carbonyl (C=O) groups is 1. The molecule has 0 aliphatic carbocycles. The molecule has 0 heterocycles. The zero-order chi connectivity index (χ0) is 29.1. The average molecular weight is 570 g/mol. The van der Waals surface area contributed by atoms with E-state index in [-0.39, 0.29) is 5.97 Å². The lowest BCUT2D eigenvalue weighted by atomic mass is 9.88. The molecule has 0 atom stereocenters. The molecule has 0 amide bonds. The van der Waals surface area contributed by atoms with E-state index < -0.39 is 12.7 Å². The van der Waals surface area contributed by atoms with Crippen LogP contribution >= 0.6 is 7.26 Å². The third-order valence-electron chi connectivity index (χ3n) is 7.32. The lowest BCUT2D eigenvalue weighted by Gasteiger charge is -2.28.